The van der Waals surface area contributed by atoms with Crippen LogP contribution in [0, 0.1) is 5.41 Å². The first-order chi connectivity index (χ1) is 10.3. The number of benzene rings is 1. The van der Waals surface area contributed by atoms with Crippen molar-refractivity contribution < 1.29 is 4.79 Å². The van der Waals surface area contributed by atoms with Crippen molar-refractivity contribution >= 4 is 16.8 Å². The molecule has 2 aliphatic rings. The molecule has 1 saturated carbocycles. The maximum Gasteiger partial charge on any atom is 0.227 e. The average molecular weight is 282 g/mol. The van der Waals surface area contributed by atoms with Crippen molar-refractivity contribution in [2.75, 3.05) is 13.1 Å². The number of hydrogen-bond donors (Lipinski definition) is 1. The molecule has 0 unspecified atom stereocenters. The maximum absolute atomic E-state index is 12.5. The molecule has 0 bridgehead atoms. The highest BCUT2D eigenvalue weighted by molar-refractivity contribution is 5.88. The Hall–Kier alpha value is -1.77. The van der Waals surface area contributed by atoms with Crippen LogP contribution in [0.4, 0.5) is 0 Å². The van der Waals surface area contributed by atoms with E-state index in [-0.39, 0.29) is 5.91 Å². The molecule has 1 aromatic carbocycles. The van der Waals surface area contributed by atoms with Crippen molar-refractivity contribution in [3.63, 3.8) is 0 Å². The van der Waals surface area contributed by atoms with Gasteiger partial charge in [0.2, 0.25) is 5.91 Å². The number of carbonyl (C=O) groups excluding carboxylic acids is 1. The number of likely N-dealkylation sites (tertiary alicyclic amines) is 1. The molecule has 2 heterocycles. The van der Waals surface area contributed by atoms with Crippen molar-refractivity contribution in [1.82, 2.24) is 9.88 Å². The number of piperidine rings is 1. The Bertz CT molecular complexity index is 659. The van der Waals surface area contributed by atoms with E-state index in [0.717, 1.165) is 24.2 Å². The number of rotatable bonds is 2. The van der Waals surface area contributed by atoms with Gasteiger partial charge in [-0.2, -0.15) is 0 Å². The van der Waals surface area contributed by atoms with Gasteiger partial charge in [0.25, 0.3) is 0 Å². The van der Waals surface area contributed by atoms with Crippen LogP contribution in [0.1, 0.15) is 37.7 Å². The van der Waals surface area contributed by atoms with Gasteiger partial charge in [0.1, 0.15) is 0 Å². The summed E-state index contributed by atoms with van der Waals surface area (Å²) in [5, 5.41) is 1.18. The molecule has 2 aromatic rings. The molecule has 0 atom stereocenters. The maximum atomic E-state index is 12.5. The van der Waals surface area contributed by atoms with E-state index in [1.807, 2.05) is 18.3 Å². The summed E-state index contributed by atoms with van der Waals surface area (Å²) in [7, 11) is 0. The number of nitrogens with one attached hydrogen (secondary N) is 1. The first-order valence-electron chi connectivity index (χ1n) is 8.09. The topological polar surface area (TPSA) is 36.1 Å². The summed E-state index contributed by atoms with van der Waals surface area (Å²) in [6.45, 7) is 1.92. The molecule has 4 rings (SSSR count). The Balaban J connectivity index is 1.44. The fraction of sp³-hybridized carbons (Fsp3) is 0.500. The van der Waals surface area contributed by atoms with E-state index >= 15 is 0 Å². The molecule has 21 heavy (non-hydrogen) atoms. The molecule has 1 aliphatic heterocycles. The van der Waals surface area contributed by atoms with Gasteiger partial charge in [-0.3, -0.25) is 4.79 Å². The predicted octanol–water partition coefficient (Wildman–Crippen LogP) is 3.50. The lowest BCUT2D eigenvalue weighted by atomic mass is 9.63. The largest absolute Gasteiger partial charge is 0.361 e. The number of carbonyl (C=O) groups is 1. The van der Waals surface area contributed by atoms with Crippen LogP contribution >= 0.6 is 0 Å². The first kappa shape index (κ1) is 12.9. The summed E-state index contributed by atoms with van der Waals surface area (Å²) < 4.78 is 0. The zero-order valence-corrected chi connectivity index (χ0v) is 12.4. The summed E-state index contributed by atoms with van der Waals surface area (Å²) >= 11 is 0. The SMILES string of the molecule is O=C(Cc1c[nH]c2ccccc12)N1CCC2(CCC2)CC1. The number of H-pyrrole nitrogens is 1. The summed E-state index contributed by atoms with van der Waals surface area (Å²) in [6.07, 6.45) is 9.11. The summed E-state index contributed by atoms with van der Waals surface area (Å²) in [4.78, 5) is 17.9. The number of fused-ring (bicyclic) bond motifs is 1. The minimum Gasteiger partial charge on any atom is -0.361 e. The highest BCUT2D eigenvalue weighted by Crippen LogP contribution is 2.48. The first-order valence-corrected chi connectivity index (χ1v) is 8.09. The second kappa shape index (κ2) is 4.90. The lowest BCUT2D eigenvalue weighted by Crippen LogP contribution is -2.46. The molecule has 1 spiro atoms. The van der Waals surface area contributed by atoms with Crippen LogP contribution in [0.15, 0.2) is 30.5 Å². The second-order valence-corrected chi connectivity index (χ2v) is 6.77. The van der Waals surface area contributed by atoms with Crippen molar-refractivity contribution in [2.45, 2.75) is 38.5 Å². The quantitative estimate of drug-likeness (QED) is 0.899. The fourth-order valence-electron chi connectivity index (χ4n) is 3.96. The van der Waals surface area contributed by atoms with Gasteiger partial charge in [0.05, 0.1) is 6.42 Å². The Morgan fingerprint density at radius 2 is 1.90 bits per heavy atom. The van der Waals surface area contributed by atoms with Gasteiger partial charge in [0, 0.05) is 30.2 Å². The van der Waals surface area contributed by atoms with E-state index in [0.29, 0.717) is 11.8 Å². The Labute approximate surface area is 125 Å². The fourth-order valence-corrected chi connectivity index (χ4v) is 3.96. The van der Waals surface area contributed by atoms with Crippen LogP contribution in [-0.2, 0) is 11.2 Å². The number of amides is 1. The van der Waals surface area contributed by atoms with Gasteiger partial charge in [-0.25, -0.2) is 0 Å². The van der Waals surface area contributed by atoms with E-state index in [4.69, 9.17) is 0 Å². The lowest BCUT2D eigenvalue weighted by molar-refractivity contribution is -0.133. The molecule has 110 valence electrons. The van der Waals surface area contributed by atoms with Crippen molar-refractivity contribution in [2.24, 2.45) is 5.41 Å². The Kier molecular flexibility index (Phi) is 3.02. The molecule has 1 aliphatic carbocycles. The monoisotopic (exact) mass is 282 g/mol. The summed E-state index contributed by atoms with van der Waals surface area (Å²) in [5.41, 5.74) is 2.85. The van der Waals surface area contributed by atoms with Gasteiger partial charge in [0.15, 0.2) is 0 Å². The molecular weight excluding hydrogens is 260 g/mol. The number of aromatic amines is 1. The molecular formula is C18H22N2O. The standard InChI is InChI=1S/C18H22N2O/c21-17(20-10-8-18(9-11-20)6-3-7-18)12-14-13-19-16-5-2-1-4-15(14)16/h1-2,4-5,13,19H,3,6-12H2. The van der Waals surface area contributed by atoms with E-state index in [9.17, 15) is 4.79 Å². The van der Waals surface area contributed by atoms with E-state index in [2.05, 4.69) is 22.0 Å². The van der Waals surface area contributed by atoms with E-state index in [1.54, 1.807) is 0 Å². The number of aromatic nitrogens is 1. The molecule has 1 amide bonds. The van der Waals surface area contributed by atoms with Gasteiger partial charge < -0.3 is 9.88 Å². The minimum absolute atomic E-state index is 0.286. The molecule has 0 radical (unpaired) electrons. The normalized spacial score (nSPS) is 20.7. The van der Waals surface area contributed by atoms with Gasteiger partial charge >= 0.3 is 0 Å². The summed E-state index contributed by atoms with van der Waals surface area (Å²) in [5.74, 6) is 0.286. The van der Waals surface area contributed by atoms with Gasteiger partial charge in [-0.1, -0.05) is 24.6 Å². The molecule has 3 heteroatoms. The highest BCUT2D eigenvalue weighted by atomic mass is 16.2. The Morgan fingerprint density at radius 3 is 2.62 bits per heavy atom. The third-order valence-electron chi connectivity index (χ3n) is 5.61. The van der Waals surface area contributed by atoms with Crippen molar-refractivity contribution in [3.05, 3.63) is 36.0 Å². The van der Waals surface area contributed by atoms with Gasteiger partial charge in [-0.15, -0.1) is 0 Å². The molecule has 1 N–H and O–H groups in total. The van der Waals surface area contributed by atoms with Crippen LogP contribution in [-0.4, -0.2) is 28.9 Å². The van der Waals surface area contributed by atoms with Crippen LogP contribution in [0.2, 0.25) is 0 Å². The van der Waals surface area contributed by atoms with Crippen LogP contribution in [0.25, 0.3) is 10.9 Å². The van der Waals surface area contributed by atoms with E-state index < -0.39 is 0 Å². The average Bonchev–Trinajstić information content (AvgIpc) is 2.89. The third-order valence-corrected chi connectivity index (χ3v) is 5.61. The van der Waals surface area contributed by atoms with Crippen LogP contribution in [0.3, 0.4) is 0 Å². The van der Waals surface area contributed by atoms with Crippen molar-refractivity contribution in [3.8, 4) is 0 Å². The number of para-hydroxylation sites is 1. The molecule has 2 fully saturated rings. The summed E-state index contributed by atoms with van der Waals surface area (Å²) in [6, 6.07) is 8.21. The van der Waals surface area contributed by atoms with Crippen LogP contribution in [0.5, 0.6) is 0 Å². The zero-order chi connectivity index (χ0) is 14.3. The number of nitrogens with zero attached hydrogens (tertiary/aromatic N) is 1. The highest BCUT2D eigenvalue weighted by Gasteiger charge is 2.40. The zero-order valence-electron chi connectivity index (χ0n) is 12.4. The molecule has 1 aromatic heterocycles. The van der Waals surface area contributed by atoms with Gasteiger partial charge in [-0.05, 0) is 42.7 Å². The minimum atomic E-state index is 0.286. The second-order valence-electron chi connectivity index (χ2n) is 6.77. The smallest absolute Gasteiger partial charge is 0.227 e. The third kappa shape index (κ3) is 2.25. The van der Waals surface area contributed by atoms with Crippen molar-refractivity contribution in [1.29, 1.82) is 0 Å². The van der Waals surface area contributed by atoms with E-state index in [1.165, 1.54) is 37.5 Å². The van der Waals surface area contributed by atoms with Crippen LogP contribution < -0.4 is 0 Å². The predicted molar refractivity (Wildman–Crippen MR) is 84.1 cm³/mol. The molecule has 3 nitrogen and oxygen atoms in total. The lowest BCUT2D eigenvalue weighted by Gasteiger charge is -2.48. The molecule has 1 saturated heterocycles. The number of hydrogen-bond acceptors (Lipinski definition) is 1. The Morgan fingerprint density at radius 1 is 1.14 bits per heavy atom.